The van der Waals surface area contributed by atoms with Crippen molar-refractivity contribution in [3.8, 4) is 0 Å². The van der Waals surface area contributed by atoms with Gasteiger partial charge in [-0.25, -0.2) is 4.39 Å². The number of aliphatic carboxylic acids is 1. The van der Waals surface area contributed by atoms with E-state index >= 15 is 0 Å². The summed E-state index contributed by atoms with van der Waals surface area (Å²) in [6, 6.07) is 13.8. The van der Waals surface area contributed by atoms with Gasteiger partial charge in [-0.05, 0) is 30.2 Å². The molecule has 0 aliphatic rings. The minimum Gasteiger partial charge on any atom is -0.481 e. The van der Waals surface area contributed by atoms with E-state index in [1.54, 1.807) is 12.1 Å². The fraction of sp³-hybridized carbons (Fsp3) is 0.188. The van der Waals surface area contributed by atoms with E-state index in [2.05, 4.69) is 0 Å². The van der Waals surface area contributed by atoms with Gasteiger partial charge in [-0.3, -0.25) is 4.79 Å². The van der Waals surface area contributed by atoms with Gasteiger partial charge >= 0.3 is 5.97 Å². The summed E-state index contributed by atoms with van der Waals surface area (Å²) >= 11 is 0. The summed E-state index contributed by atoms with van der Waals surface area (Å²) in [5.74, 6) is -1.57. The first-order valence-corrected chi connectivity index (χ1v) is 6.10. The molecule has 0 heterocycles. The van der Waals surface area contributed by atoms with Gasteiger partial charge in [0.2, 0.25) is 0 Å². The molecule has 98 valence electrons. The zero-order valence-electron chi connectivity index (χ0n) is 10.6. The lowest BCUT2D eigenvalue weighted by atomic mass is 9.88. The first-order chi connectivity index (χ1) is 9.06. The molecule has 2 aromatic carbocycles. The van der Waals surface area contributed by atoms with Gasteiger partial charge in [-0.1, -0.05) is 42.0 Å². The molecule has 1 atom stereocenters. The largest absolute Gasteiger partial charge is 0.481 e. The third-order valence-electron chi connectivity index (χ3n) is 3.11. The average Bonchev–Trinajstić information content (AvgIpc) is 2.37. The molecule has 0 bridgehead atoms. The van der Waals surface area contributed by atoms with Crippen LogP contribution in [0.1, 0.15) is 29.0 Å². The van der Waals surface area contributed by atoms with Crippen molar-refractivity contribution in [3.05, 3.63) is 71.0 Å². The van der Waals surface area contributed by atoms with Gasteiger partial charge in [-0.15, -0.1) is 0 Å². The molecule has 0 aliphatic carbocycles. The monoisotopic (exact) mass is 258 g/mol. The van der Waals surface area contributed by atoms with Crippen molar-refractivity contribution in [2.24, 2.45) is 0 Å². The second-order valence-electron chi connectivity index (χ2n) is 4.62. The molecule has 1 N–H and O–H groups in total. The Labute approximate surface area is 111 Å². The van der Waals surface area contributed by atoms with Crippen molar-refractivity contribution >= 4 is 5.97 Å². The highest BCUT2D eigenvalue weighted by molar-refractivity contribution is 5.69. The quantitative estimate of drug-likeness (QED) is 0.907. The fourth-order valence-corrected chi connectivity index (χ4v) is 2.12. The van der Waals surface area contributed by atoms with E-state index in [9.17, 15) is 9.18 Å². The predicted octanol–water partition coefficient (Wildman–Crippen LogP) is 3.74. The average molecular weight is 258 g/mol. The topological polar surface area (TPSA) is 37.3 Å². The minimum absolute atomic E-state index is 0.0491. The smallest absolute Gasteiger partial charge is 0.304 e. The fourth-order valence-electron chi connectivity index (χ4n) is 2.12. The lowest BCUT2D eigenvalue weighted by molar-refractivity contribution is -0.137. The summed E-state index contributed by atoms with van der Waals surface area (Å²) in [6.45, 7) is 1.97. The van der Waals surface area contributed by atoms with Crippen LogP contribution < -0.4 is 0 Å². The van der Waals surface area contributed by atoms with E-state index in [0.717, 1.165) is 11.1 Å². The van der Waals surface area contributed by atoms with Crippen LogP contribution in [0.3, 0.4) is 0 Å². The Hall–Kier alpha value is -2.16. The van der Waals surface area contributed by atoms with Crippen LogP contribution in [0, 0.1) is 12.7 Å². The van der Waals surface area contributed by atoms with E-state index in [1.165, 1.54) is 12.1 Å². The second-order valence-corrected chi connectivity index (χ2v) is 4.62. The number of halogens is 1. The van der Waals surface area contributed by atoms with Crippen LogP contribution in [0.5, 0.6) is 0 Å². The van der Waals surface area contributed by atoms with Gasteiger partial charge in [0.15, 0.2) is 0 Å². The van der Waals surface area contributed by atoms with E-state index < -0.39 is 5.97 Å². The van der Waals surface area contributed by atoms with Gasteiger partial charge in [0.25, 0.3) is 0 Å². The molecule has 2 nitrogen and oxygen atoms in total. The number of hydrogen-bond donors (Lipinski definition) is 1. The van der Waals surface area contributed by atoms with Crippen LogP contribution in [0.4, 0.5) is 4.39 Å². The molecule has 3 heteroatoms. The Kier molecular flexibility index (Phi) is 3.95. The maximum atomic E-state index is 13.3. The highest BCUT2D eigenvalue weighted by Gasteiger charge is 2.18. The second kappa shape index (κ2) is 5.65. The number of rotatable bonds is 4. The number of aryl methyl sites for hydroxylation is 1. The van der Waals surface area contributed by atoms with Gasteiger partial charge < -0.3 is 5.11 Å². The first kappa shape index (κ1) is 13.3. The lowest BCUT2D eigenvalue weighted by Gasteiger charge is -2.16. The summed E-state index contributed by atoms with van der Waals surface area (Å²) in [4.78, 5) is 11.0. The molecule has 0 amide bonds. The molecule has 0 saturated carbocycles. The summed E-state index contributed by atoms with van der Waals surface area (Å²) in [5, 5.41) is 9.04. The first-order valence-electron chi connectivity index (χ1n) is 6.10. The highest BCUT2D eigenvalue weighted by atomic mass is 19.1. The number of carboxylic acid groups (broad SMARTS) is 1. The Balaban J connectivity index is 2.40. The Morgan fingerprint density at radius 2 is 1.84 bits per heavy atom. The number of carboxylic acids is 1. The van der Waals surface area contributed by atoms with Crippen molar-refractivity contribution in [2.45, 2.75) is 19.3 Å². The summed E-state index contributed by atoms with van der Waals surface area (Å²) in [7, 11) is 0. The molecule has 0 spiro atoms. The van der Waals surface area contributed by atoms with Crippen molar-refractivity contribution < 1.29 is 14.3 Å². The van der Waals surface area contributed by atoms with Crippen molar-refractivity contribution in [2.75, 3.05) is 0 Å². The van der Waals surface area contributed by atoms with Crippen molar-refractivity contribution in [1.82, 2.24) is 0 Å². The summed E-state index contributed by atoms with van der Waals surface area (Å²) in [5.41, 5.74) is 2.68. The van der Waals surface area contributed by atoms with Crippen LogP contribution in [0.25, 0.3) is 0 Å². The highest BCUT2D eigenvalue weighted by Crippen LogP contribution is 2.28. The zero-order chi connectivity index (χ0) is 13.8. The zero-order valence-corrected chi connectivity index (χ0v) is 10.6. The van der Waals surface area contributed by atoms with E-state index in [0.29, 0.717) is 5.56 Å². The van der Waals surface area contributed by atoms with E-state index in [1.807, 2.05) is 31.2 Å². The number of hydrogen-bond acceptors (Lipinski definition) is 1. The van der Waals surface area contributed by atoms with Crippen LogP contribution in [0.2, 0.25) is 0 Å². The van der Waals surface area contributed by atoms with Crippen molar-refractivity contribution in [3.63, 3.8) is 0 Å². The summed E-state index contributed by atoms with van der Waals surface area (Å²) < 4.78 is 13.3. The SMILES string of the molecule is Cc1ccc(C(CC(=O)O)c2cccc(F)c2)cc1. The van der Waals surface area contributed by atoms with E-state index in [-0.39, 0.29) is 18.2 Å². The van der Waals surface area contributed by atoms with Crippen LogP contribution in [-0.4, -0.2) is 11.1 Å². The number of carbonyl (C=O) groups is 1. The molecule has 0 radical (unpaired) electrons. The van der Waals surface area contributed by atoms with Crippen LogP contribution in [0.15, 0.2) is 48.5 Å². The molecule has 0 aromatic heterocycles. The minimum atomic E-state index is -0.894. The van der Waals surface area contributed by atoms with Gasteiger partial charge in [0.1, 0.15) is 5.82 Å². The summed E-state index contributed by atoms with van der Waals surface area (Å²) in [6.07, 6.45) is -0.0491. The number of benzene rings is 2. The Morgan fingerprint density at radius 3 is 2.42 bits per heavy atom. The molecule has 2 rings (SSSR count). The standard InChI is InChI=1S/C16H15FO2/c1-11-5-7-12(8-6-11)15(10-16(18)19)13-3-2-4-14(17)9-13/h2-9,15H,10H2,1H3,(H,18,19). The Morgan fingerprint density at radius 1 is 1.16 bits per heavy atom. The molecular formula is C16H15FO2. The molecule has 0 saturated heterocycles. The Bertz CT molecular complexity index is 576. The molecule has 2 aromatic rings. The van der Waals surface area contributed by atoms with Gasteiger partial charge in [0, 0.05) is 5.92 Å². The lowest BCUT2D eigenvalue weighted by Crippen LogP contribution is -2.08. The molecule has 0 aliphatic heterocycles. The van der Waals surface area contributed by atoms with Gasteiger partial charge in [0.05, 0.1) is 6.42 Å². The third-order valence-corrected chi connectivity index (χ3v) is 3.11. The maximum absolute atomic E-state index is 13.3. The maximum Gasteiger partial charge on any atom is 0.304 e. The van der Waals surface area contributed by atoms with Crippen LogP contribution in [-0.2, 0) is 4.79 Å². The van der Waals surface area contributed by atoms with Crippen molar-refractivity contribution in [1.29, 1.82) is 0 Å². The normalized spacial score (nSPS) is 12.1. The molecule has 1 unspecified atom stereocenters. The third kappa shape index (κ3) is 3.41. The molecular weight excluding hydrogens is 243 g/mol. The van der Waals surface area contributed by atoms with Gasteiger partial charge in [-0.2, -0.15) is 0 Å². The van der Waals surface area contributed by atoms with Crippen LogP contribution >= 0.6 is 0 Å². The molecule has 19 heavy (non-hydrogen) atoms. The predicted molar refractivity (Wildman–Crippen MR) is 71.7 cm³/mol. The van der Waals surface area contributed by atoms with E-state index in [4.69, 9.17) is 5.11 Å². The molecule has 0 fully saturated rings.